The molecular formula is C16H17N5OS2. The minimum Gasteiger partial charge on any atom is -0.350 e. The molecule has 8 heteroatoms. The van der Waals surface area contributed by atoms with Gasteiger partial charge >= 0.3 is 0 Å². The fourth-order valence-electron chi connectivity index (χ4n) is 2.11. The molecule has 124 valence electrons. The molecule has 1 N–H and O–H groups in total. The van der Waals surface area contributed by atoms with Crippen LogP contribution in [-0.2, 0) is 18.4 Å². The first-order chi connectivity index (χ1) is 11.6. The van der Waals surface area contributed by atoms with Crippen LogP contribution in [-0.4, -0.2) is 30.9 Å². The maximum Gasteiger partial charge on any atom is 0.233 e. The van der Waals surface area contributed by atoms with E-state index >= 15 is 0 Å². The second-order valence-corrected chi connectivity index (χ2v) is 7.50. The van der Waals surface area contributed by atoms with Gasteiger partial charge in [0.15, 0.2) is 11.0 Å². The topological polar surface area (TPSA) is 72.7 Å². The highest BCUT2D eigenvalue weighted by Crippen LogP contribution is 2.25. The van der Waals surface area contributed by atoms with E-state index in [2.05, 4.69) is 20.5 Å². The third-order valence-electron chi connectivity index (χ3n) is 3.44. The third-order valence-corrected chi connectivity index (χ3v) is 5.45. The summed E-state index contributed by atoms with van der Waals surface area (Å²) in [5.74, 6) is 0.743. The van der Waals surface area contributed by atoms with E-state index in [1.165, 1.54) is 11.8 Å². The Kier molecular flexibility index (Phi) is 5.27. The van der Waals surface area contributed by atoms with Crippen molar-refractivity contribution in [2.75, 3.05) is 0 Å². The Morgan fingerprint density at radius 2 is 2.12 bits per heavy atom. The van der Waals surface area contributed by atoms with Gasteiger partial charge in [-0.3, -0.25) is 9.78 Å². The van der Waals surface area contributed by atoms with E-state index in [-0.39, 0.29) is 11.2 Å². The average Bonchev–Trinajstić information content (AvgIpc) is 3.24. The first-order valence-electron chi connectivity index (χ1n) is 7.41. The number of carbonyl (C=O) groups excluding carboxylic acids is 1. The number of pyridine rings is 1. The van der Waals surface area contributed by atoms with Crippen LogP contribution in [0, 0.1) is 0 Å². The molecule has 0 aliphatic carbocycles. The number of amides is 1. The minimum atomic E-state index is -0.252. The van der Waals surface area contributed by atoms with Gasteiger partial charge in [-0.05, 0) is 30.5 Å². The Labute approximate surface area is 148 Å². The highest BCUT2D eigenvalue weighted by atomic mass is 32.2. The van der Waals surface area contributed by atoms with Gasteiger partial charge < -0.3 is 9.88 Å². The molecule has 0 aliphatic heterocycles. The Morgan fingerprint density at radius 1 is 1.33 bits per heavy atom. The van der Waals surface area contributed by atoms with Crippen molar-refractivity contribution in [3.05, 3.63) is 46.9 Å². The number of hydrogen-bond acceptors (Lipinski definition) is 6. The zero-order valence-electron chi connectivity index (χ0n) is 13.3. The third kappa shape index (κ3) is 3.82. The summed E-state index contributed by atoms with van der Waals surface area (Å²) in [6.45, 7) is 2.43. The first kappa shape index (κ1) is 16.7. The Balaban J connectivity index is 1.63. The second kappa shape index (κ2) is 7.59. The van der Waals surface area contributed by atoms with E-state index in [9.17, 15) is 4.79 Å². The van der Waals surface area contributed by atoms with Crippen LogP contribution in [0.1, 0.15) is 11.8 Å². The quantitative estimate of drug-likeness (QED) is 0.685. The highest BCUT2D eigenvalue weighted by Gasteiger charge is 2.19. The number of nitrogens with one attached hydrogen (secondary N) is 1. The average molecular weight is 359 g/mol. The van der Waals surface area contributed by atoms with Crippen LogP contribution in [0.25, 0.3) is 11.4 Å². The van der Waals surface area contributed by atoms with Crippen molar-refractivity contribution in [2.45, 2.75) is 23.9 Å². The SMILES string of the molecule is C[C@H](Sc1nnc(-c2ccncc2)n1C)C(=O)NCc1cccs1. The lowest BCUT2D eigenvalue weighted by Gasteiger charge is -2.11. The molecule has 0 saturated heterocycles. The first-order valence-corrected chi connectivity index (χ1v) is 9.17. The van der Waals surface area contributed by atoms with Crippen molar-refractivity contribution in [3.8, 4) is 11.4 Å². The lowest BCUT2D eigenvalue weighted by Crippen LogP contribution is -2.30. The summed E-state index contributed by atoms with van der Waals surface area (Å²) < 4.78 is 1.89. The van der Waals surface area contributed by atoms with Gasteiger partial charge in [-0.15, -0.1) is 21.5 Å². The smallest absolute Gasteiger partial charge is 0.233 e. The molecule has 1 atom stereocenters. The molecule has 0 unspecified atom stereocenters. The molecule has 0 bridgehead atoms. The predicted molar refractivity (Wildman–Crippen MR) is 95.7 cm³/mol. The lowest BCUT2D eigenvalue weighted by atomic mass is 10.2. The molecule has 0 fully saturated rings. The van der Waals surface area contributed by atoms with Gasteiger partial charge in [0.25, 0.3) is 0 Å². The van der Waals surface area contributed by atoms with E-state index in [1.54, 1.807) is 23.7 Å². The van der Waals surface area contributed by atoms with Gasteiger partial charge in [0.05, 0.1) is 11.8 Å². The van der Waals surface area contributed by atoms with Gasteiger partial charge in [0.1, 0.15) is 0 Å². The molecule has 24 heavy (non-hydrogen) atoms. The summed E-state index contributed by atoms with van der Waals surface area (Å²) >= 11 is 3.03. The van der Waals surface area contributed by atoms with Gasteiger partial charge in [-0.2, -0.15) is 0 Å². The van der Waals surface area contributed by atoms with Crippen LogP contribution >= 0.6 is 23.1 Å². The standard InChI is InChI=1S/C16H17N5OS2/c1-11(15(22)18-10-13-4-3-9-23-13)24-16-20-19-14(21(16)2)12-5-7-17-8-6-12/h3-9,11H,10H2,1-2H3,(H,18,22)/t11-/m0/s1. The number of thioether (sulfide) groups is 1. The zero-order valence-corrected chi connectivity index (χ0v) is 15.0. The summed E-state index contributed by atoms with van der Waals surface area (Å²) in [5, 5.41) is 13.8. The number of nitrogens with zero attached hydrogens (tertiary/aromatic N) is 4. The number of thiophene rings is 1. The second-order valence-electron chi connectivity index (χ2n) is 5.16. The fourth-order valence-corrected chi connectivity index (χ4v) is 3.60. The van der Waals surface area contributed by atoms with Crippen LogP contribution < -0.4 is 5.32 Å². The Bertz CT molecular complexity index is 801. The van der Waals surface area contributed by atoms with Gasteiger partial charge in [0, 0.05) is 29.9 Å². The van der Waals surface area contributed by atoms with E-state index < -0.39 is 0 Å². The normalized spacial score (nSPS) is 12.1. The minimum absolute atomic E-state index is 0.0122. The van der Waals surface area contributed by atoms with E-state index in [0.717, 1.165) is 16.3 Å². The largest absolute Gasteiger partial charge is 0.350 e. The van der Waals surface area contributed by atoms with Crippen molar-refractivity contribution in [3.63, 3.8) is 0 Å². The Hall–Kier alpha value is -2.19. The molecule has 0 radical (unpaired) electrons. The Morgan fingerprint density at radius 3 is 2.83 bits per heavy atom. The van der Waals surface area contributed by atoms with Crippen LogP contribution in [0.5, 0.6) is 0 Å². The molecule has 3 aromatic heterocycles. The molecule has 0 spiro atoms. The van der Waals surface area contributed by atoms with Gasteiger partial charge in [-0.1, -0.05) is 17.8 Å². The number of rotatable bonds is 6. The summed E-state index contributed by atoms with van der Waals surface area (Å²) in [7, 11) is 1.90. The maximum absolute atomic E-state index is 12.2. The molecular weight excluding hydrogens is 342 g/mol. The summed E-state index contributed by atoms with van der Waals surface area (Å²) in [4.78, 5) is 17.4. The molecule has 1 amide bonds. The molecule has 6 nitrogen and oxygen atoms in total. The molecule has 0 saturated carbocycles. The van der Waals surface area contributed by atoms with Crippen molar-refractivity contribution in [1.82, 2.24) is 25.1 Å². The van der Waals surface area contributed by atoms with E-state index in [0.29, 0.717) is 11.7 Å². The van der Waals surface area contributed by atoms with Crippen molar-refractivity contribution >= 4 is 29.0 Å². The lowest BCUT2D eigenvalue weighted by molar-refractivity contribution is -0.120. The molecule has 3 aromatic rings. The molecule has 3 heterocycles. The van der Waals surface area contributed by atoms with Crippen molar-refractivity contribution in [2.24, 2.45) is 7.05 Å². The van der Waals surface area contributed by atoms with E-state index in [4.69, 9.17) is 0 Å². The number of aromatic nitrogens is 4. The van der Waals surface area contributed by atoms with Crippen LogP contribution in [0.2, 0.25) is 0 Å². The highest BCUT2D eigenvalue weighted by molar-refractivity contribution is 8.00. The van der Waals surface area contributed by atoms with Crippen LogP contribution in [0.4, 0.5) is 0 Å². The predicted octanol–water partition coefficient (Wildman–Crippen LogP) is 2.74. The summed E-state index contributed by atoms with van der Waals surface area (Å²) in [5.41, 5.74) is 0.946. The molecule has 0 aromatic carbocycles. The van der Waals surface area contributed by atoms with E-state index in [1.807, 2.05) is 48.2 Å². The molecule has 3 rings (SSSR count). The monoisotopic (exact) mass is 359 g/mol. The van der Waals surface area contributed by atoms with Gasteiger partial charge in [0.2, 0.25) is 5.91 Å². The summed E-state index contributed by atoms with van der Waals surface area (Å²) in [6.07, 6.45) is 3.44. The number of carbonyl (C=O) groups is 1. The van der Waals surface area contributed by atoms with Crippen LogP contribution in [0.3, 0.4) is 0 Å². The van der Waals surface area contributed by atoms with Gasteiger partial charge in [-0.25, -0.2) is 0 Å². The van der Waals surface area contributed by atoms with Crippen molar-refractivity contribution < 1.29 is 4.79 Å². The molecule has 0 aliphatic rings. The zero-order chi connectivity index (χ0) is 16.9. The van der Waals surface area contributed by atoms with Crippen LogP contribution in [0.15, 0.2) is 47.2 Å². The maximum atomic E-state index is 12.2. The summed E-state index contributed by atoms with van der Waals surface area (Å²) in [6, 6.07) is 7.75. The number of hydrogen-bond donors (Lipinski definition) is 1. The van der Waals surface area contributed by atoms with Crippen molar-refractivity contribution in [1.29, 1.82) is 0 Å². The fraction of sp³-hybridized carbons (Fsp3) is 0.250.